The van der Waals surface area contributed by atoms with Gasteiger partial charge in [-0.25, -0.2) is 0 Å². The second-order valence-corrected chi connectivity index (χ2v) is 6.32. The molecule has 6 heteroatoms. The van der Waals surface area contributed by atoms with Crippen LogP contribution in [0.5, 0.6) is 5.75 Å². The summed E-state index contributed by atoms with van der Waals surface area (Å²) >= 11 is 1.70. The second-order valence-electron chi connectivity index (χ2n) is 5.57. The van der Waals surface area contributed by atoms with Gasteiger partial charge in [-0.2, -0.15) is 0 Å². The summed E-state index contributed by atoms with van der Waals surface area (Å²) in [6, 6.07) is 12.2. The molecule has 1 unspecified atom stereocenters. The molecule has 1 aliphatic rings. The van der Waals surface area contributed by atoms with Gasteiger partial charge in [0.25, 0.3) is 0 Å². The molecule has 128 valence electrons. The summed E-state index contributed by atoms with van der Waals surface area (Å²) in [5, 5.41) is 0. The highest BCUT2D eigenvalue weighted by Gasteiger charge is 2.37. The maximum absolute atomic E-state index is 6.02. The van der Waals surface area contributed by atoms with Crippen LogP contribution in [0.1, 0.15) is 18.3 Å². The van der Waals surface area contributed by atoms with Crippen molar-refractivity contribution in [1.29, 1.82) is 0 Å². The molecule has 1 atom stereocenters. The number of nitrogens with zero attached hydrogens (tertiary/aromatic N) is 3. The van der Waals surface area contributed by atoms with Crippen LogP contribution in [0.4, 0.5) is 11.4 Å². The molecule has 1 aromatic carbocycles. The Hall–Kier alpha value is -1.92. The first-order valence-electron chi connectivity index (χ1n) is 7.99. The lowest BCUT2D eigenvalue weighted by Gasteiger charge is -2.28. The second kappa shape index (κ2) is 7.77. The molecule has 0 amide bonds. The lowest BCUT2D eigenvalue weighted by Crippen LogP contribution is -2.29. The quantitative estimate of drug-likeness (QED) is 0.562. The molecule has 0 aliphatic carbocycles. The van der Waals surface area contributed by atoms with E-state index < -0.39 is 0 Å². The van der Waals surface area contributed by atoms with Crippen LogP contribution in [0.3, 0.4) is 0 Å². The fraction of sp³-hybridized carbons (Fsp3) is 0.389. The molecule has 5 nitrogen and oxygen atoms in total. The van der Waals surface area contributed by atoms with Crippen molar-refractivity contribution in [3.8, 4) is 5.75 Å². The Morgan fingerprint density at radius 3 is 2.75 bits per heavy atom. The molecule has 0 saturated carbocycles. The monoisotopic (exact) mass is 345 g/mol. The van der Waals surface area contributed by atoms with Crippen molar-refractivity contribution >= 4 is 23.3 Å². The Bertz CT molecular complexity index is 669. The molecular formula is C18H23N3O2S. The normalized spacial score (nSPS) is 16.4. The molecule has 24 heavy (non-hydrogen) atoms. The van der Waals surface area contributed by atoms with Crippen molar-refractivity contribution in [2.45, 2.75) is 12.6 Å². The van der Waals surface area contributed by atoms with Gasteiger partial charge in [0.05, 0.1) is 18.0 Å². The number of ether oxygens (including phenoxy) is 2. The zero-order valence-corrected chi connectivity index (χ0v) is 15.1. The first-order valence-corrected chi connectivity index (χ1v) is 9.18. The van der Waals surface area contributed by atoms with Gasteiger partial charge in [-0.1, -0.05) is 24.1 Å². The van der Waals surface area contributed by atoms with E-state index in [1.165, 1.54) is 0 Å². The molecule has 0 N–H and O–H groups in total. The molecule has 2 heterocycles. The zero-order valence-electron chi connectivity index (χ0n) is 14.3. The van der Waals surface area contributed by atoms with Gasteiger partial charge in [-0.15, -0.1) is 0 Å². The van der Waals surface area contributed by atoms with Crippen molar-refractivity contribution in [2.75, 3.05) is 42.8 Å². The van der Waals surface area contributed by atoms with E-state index in [4.69, 9.17) is 9.47 Å². The number of aromatic nitrogens is 1. The van der Waals surface area contributed by atoms with E-state index in [1.54, 1.807) is 19.1 Å². The minimum atomic E-state index is 0.0555. The van der Waals surface area contributed by atoms with Crippen LogP contribution in [-0.2, 0) is 4.74 Å². The predicted octanol–water partition coefficient (Wildman–Crippen LogP) is 3.73. The van der Waals surface area contributed by atoms with Crippen LogP contribution in [-0.4, -0.2) is 38.6 Å². The smallest absolute Gasteiger partial charge is 0.155 e. The van der Waals surface area contributed by atoms with E-state index in [0.29, 0.717) is 13.2 Å². The fourth-order valence-electron chi connectivity index (χ4n) is 3.00. The van der Waals surface area contributed by atoms with Gasteiger partial charge in [-0.3, -0.25) is 9.29 Å². The molecule has 3 rings (SSSR count). The van der Waals surface area contributed by atoms with Gasteiger partial charge in [0.1, 0.15) is 11.4 Å². The third-order valence-corrected chi connectivity index (χ3v) is 4.85. The molecule has 0 radical (unpaired) electrons. The number of hydrogen-bond donors (Lipinski definition) is 0. The first-order chi connectivity index (χ1) is 11.8. The number of methoxy groups -OCH3 is 1. The summed E-state index contributed by atoms with van der Waals surface area (Å²) in [4.78, 5) is 6.79. The lowest BCUT2D eigenvalue weighted by molar-refractivity contribution is 0.172. The fourth-order valence-corrected chi connectivity index (χ4v) is 3.79. The summed E-state index contributed by atoms with van der Waals surface area (Å²) < 4.78 is 13.4. The third-order valence-electron chi connectivity index (χ3n) is 4.06. The largest absolute Gasteiger partial charge is 0.491 e. The van der Waals surface area contributed by atoms with Crippen molar-refractivity contribution in [2.24, 2.45) is 0 Å². The van der Waals surface area contributed by atoms with Crippen molar-refractivity contribution in [3.63, 3.8) is 0 Å². The first kappa shape index (κ1) is 16.9. The molecule has 0 spiro atoms. The molecule has 0 fully saturated rings. The van der Waals surface area contributed by atoms with Crippen molar-refractivity contribution in [1.82, 2.24) is 4.98 Å². The van der Waals surface area contributed by atoms with E-state index in [1.807, 2.05) is 30.5 Å². The molecule has 2 aromatic rings. The summed E-state index contributed by atoms with van der Waals surface area (Å²) in [5.74, 6) is 0.906. The van der Waals surface area contributed by atoms with Crippen LogP contribution < -0.4 is 13.9 Å². The van der Waals surface area contributed by atoms with Gasteiger partial charge in [0.15, 0.2) is 6.17 Å². The average Bonchev–Trinajstić information content (AvgIpc) is 2.92. The van der Waals surface area contributed by atoms with E-state index in [2.05, 4.69) is 39.6 Å². The van der Waals surface area contributed by atoms with Gasteiger partial charge < -0.3 is 14.4 Å². The summed E-state index contributed by atoms with van der Waals surface area (Å²) in [6.45, 7) is 1.35. The highest BCUT2D eigenvalue weighted by molar-refractivity contribution is 8.00. The van der Waals surface area contributed by atoms with Crippen molar-refractivity contribution in [3.05, 3.63) is 48.3 Å². The molecular weight excluding hydrogens is 322 g/mol. The lowest BCUT2D eigenvalue weighted by atomic mass is 10.2. The highest BCUT2D eigenvalue weighted by atomic mass is 32.2. The zero-order chi connectivity index (χ0) is 16.9. The number of hydrogen-bond acceptors (Lipinski definition) is 6. The molecule has 0 bridgehead atoms. The third kappa shape index (κ3) is 3.16. The summed E-state index contributed by atoms with van der Waals surface area (Å²) in [6.07, 6.45) is 4.86. The number of fused-ring (bicyclic) bond motifs is 1. The Labute approximate surface area is 147 Å². The summed E-state index contributed by atoms with van der Waals surface area (Å²) in [5.41, 5.74) is 3.29. The Morgan fingerprint density at radius 2 is 2.04 bits per heavy atom. The van der Waals surface area contributed by atoms with Gasteiger partial charge in [0.2, 0.25) is 0 Å². The van der Waals surface area contributed by atoms with Gasteiger partial charge in [0, 0.05) is 39.6 Å². The number of benzene rings is 1. The Kier molecular flexibility index (Phi) is 5.48. The average molecular weight is 345 g/mol. The molecule has 1 aromatic heterocycles. The van der Waals surface area contributed by atoms with E-state index in [0.717, 1.165) is 29.2 Å². The minimum absolute atomic E-state index is 0.0555. The topological polar surface area (TPSA) is 37.8 Å². The minimum Gasteiger partial charge on any atom is -0.491 e. The van der Waals surface area contributed by atoms with Crippen LogP contribution >= 0.6 is 11.9 Å². The number of rotatable bonds is 7. The Morgan fingerprint density at radius 1 is 1.17 bits per heavy atom. The standard InChI is InChI=1S/C18H23N3O2S/c1-20-17-15(9-6-10-16(17)23-13-7-12-22-2)21(24-3)18(20)14-8-4-5-11-19-14/h4-6,8-11,18H,7,12-13H2,1-3H3. The van der Waals surface area contributed by atoms with E-state index >= 15 is 0 Å². The van der Waals surface area contributed by atoms with Crippen LogP contribution in [0.25, 0.3) is 0 Å². The number of pyridine rings is 1. The van der Waals surface area contributed by atoms with Crippen LogP contribution in [0, 0.1) is 0 Å². The van der Waals surface area contributed by atoms with E-state index in [-0.39, 0.29) is 6.17 Å². The van der Waals surface area contributed by atoms with Crippen molar-refractivity contribution < 1.29 is 9.47 Å². The predicted molar refractivity (Wildman–Crippen MR) is 99.8 cm³/mol. The van der Waals surface area contributed by atoms with Crippen LogP contribution in [0.15, 0.2) is 42.6 Å². The SMILES string of the molecule is COCCCOc1cccc2c1N(C)C(c1ccccn1)N2SC. The molecule has 1 aliphatic heterocycles. The number of anilines is 2. The summed E-state index contributed by atoms with van der Waals surface area (Å²) in [7, 11) is 3.80. The Balaban J connectivity index is 1.90. The van der Waals surface area contributed by atoms with Gasteiger partial charge >= 0.3 is 0 Å². The molecule has 0 saturated heterocycles. The maximum atomic E-state index is 6.02. The van der Waals surface area contributed by atoms with Gasteiger partial charge in [-0.05, 0) is 24.3 Å². The maximum Gasteiger partial charge on any atom is 0.155 e. The van der Waals surface area contributed by atoms with Crippen LogP contribution in [0.2, 0.25) is 0 Å². The highest BCUT2D eigenvalue weighted by Crippen LogP contribution is 2.52. The van der Waals surface area contributed by atoms with E-state index in [9.17, 15) is 0 Å². The number of para-hydroxylation sites is 1.